The topological polar surface area (TPSA) is 56.8 Å². The van der Waals surface area contributed by atoms with Crippen molar-refractivity contribution in [1.82, 2.24) is 5.32 Å². The smallest absolute Gasteiger partial charge is 0.220 e. The Morgan fingerprint density at radius 1 is 1.04 bits per heavy atom. The van der Waals surface area contributed by atoms with Gasteiger partial charge in [-0.1, -0.05) is 6.07 Å². The van der Waals surface area contributed by atoms with Crippen LogP contribution in [0.3, 0.4) is 0 Å². The van der Waals surface area contributed by atoms with E-state index in [4.69, 9.17) is 14.2 Å². The molecule has 0 saturated carbocycles. The van der Waals surface area contributed by atoms with Gasteiger partial charge in [0.2, 0.25) is 5.91 Å². The molecule has 0 fully saturated rings. The molecule has 0 heterocycles. The normalized spacial score (nSPS) is 11.6. The Balaban J connectivity index is 1.98. The number of aryl methyl sites for hydroxylation is 1. The van der Waals surface area contributed by atoms with E-state index in [0.717, 1.165) is 11.1 Å². The molecule has 0 spiro atoms. The Kier molecular flexibility index (Phi) is 6.83. The van der Waals surface area contributed by atoms with E-state index >= 15 is 0 Å². The summed E-state index contributed by atoms with van der Waals surface area (Å²) in [6.07, 6.45) is 0.692. The van der Waals surface area contributed by atoms with Gasteiger partial charge in [0.1, 0.15) is 11.5 Å². The molecule has 0 aliphatic heterocycles. The fourth-order valence-corrected chi connectivity index (χ4v) is 2.69. The summed E-state index contributed by atoms with van der Waals surface area (Å²) in [7, 11) is 4.58. The molecule has 0 saturated heterocycles. The van der Waals surface area contributed by atoms with Gasteiger partial charge in [-0.25, -0.2) is 4.39 Å². The van der Waals surface area contributed by atoms with E-state index < -0.39 is 5.82 Å². The predicted octanol–water partition coefficient (Wildman–Crippen LogP) is 3.66. The van der Waals surface area contributed by atoms with Crippen LogP contribution in [-0.4, -0.2) is 27.2 Å². The number of amides is 1. The third-order valence-electron chi connectivity index (χ3n) is 4.14. The summed E-state index contributed by atoms with van der Waals surface area (Å²) in [6, 6.07) is 9.89. The number of carbonyl (C=O) groups excluding carboxylic acids is 1. The van der Waals surface area contributed by atoms with Gasteiger partial charge in [-0.05, 0) is 49.2 Å². The first-order valence-electron chi connectivity index (χ1n) is 8.32. The minimum Gasteiger partial charge on any atom is -0.497 e. The number of hydrogen-bond donors (Lipinski definition) is 1. The van der Waals surface area contributed by atoms with Gasteiger partial charge in [0, 0.05) is 12.0 Å². The Hall–Kier alpha value is -2.76. The van der Waals surface area contributed by atoms with Crippen molar-refractivity contribution in [3.63, 3.8) is 0 Å². The van der Waals surface area contributed by atoms with Crippen molar-refractivity contribution in [2.45, 2.75) is 25.8 Å². The maximum absolute atomic E-state index is 13.7. The molecule has 0 bridgehead atoms. The first-order valence-corrected chi connectivity index (χ1v) is 8.32. The van der Waals surface area contributed by atoms with E-state index in [1.165, 1.54) is 13.2 Å². The largest absolute Gasteiger partial charge is 0.497 e. The Morgan fingerprint density at radius 3 is 2.35 bits per heavy atom. The zero-order chi connectivity index (χ0) is 19.1. The molecule has 0 radical (unpaired) electrons. The monoisotopic (exact) mass is 361 g/mol. The van der Waals surface area contributed by atoms with Gasteiger partial charge in [-0.2, -0.15) is 0 Å². The summed E-state index contributed by atoms with van der Waals surface area (Å²) in [5.74, 6) is 1.00. The van der Waals surface area contributed by atoms with Crippen LogP contribution in [0, 0.1) is 5.82 Å². The highest BCUT2D eigenvalue weighted by molar-refractivity contribution is 5.76. The Morgan fingerprint density at radius 2 is 1.73 bits per heavy atom. The highest BCUT2D eigenvalue weighted by Crippen LogP contribution is 2.29. The van der Waals surface area contributed by atoms with Crippen LogP contribution in [0.4, 0.5) is 4.39 Å². The Labute approximate surface area is 153 Å². The third-order valence-corrected chi connectivity index (χ3v) is 4.14. The number of hydrogen-bond acceptors (Lipinski definition) is 4. The molecule has 2 rings (SSSR count). The van der Waals surface area contributed by atoms with Crippen LogP contribution in [0.2, 0.25) is 0 Å². The van der Waals surface area contributed by atoms with Gasteiger partial charge in [0.05, 0.1) is 27.4 Å². The number of carbonyl (C=O) groups is 1. The fraction of sp³-hybridized carbons (Fsp3) is 0.350. The van der Waals surface area contributed by atoms with E-state index in [1.807, 2.05) is 13.0 Å². The lowest BCUT2D eigenvalue weighted by Crippen LogP contribution is -2.27. The van der Waals surface area contributed by atoms with Gasteiger partial charge >= 0.3 is 0 Å². The van der Waals surface area contributed by atoms with Gasteiger partial charge < -0.3 is 19.5 Å². The van der Waals surface area contributed by atoms with Gasteiger partial charge in [0.25, 0.3) is 0 Å². The number of ether oxygens (including phenoxy) is 3. The van der Waals surface area contributed by atoms with Crippen LogP contribution in [0.1, 0.15) is 30.5 Å². The van der Waals surface area contributed by atoms with E-state index in [0.29, 0.717) is 17.9 Å². The molecule has 1 N–H and O–H groups in total. The molecule has 0 aliphatic rings. The third kappa shape index (κ3) is 4.88. The van der Waals surface area contributed by atoms with E-state index in [2.05, 4.69) is 5.32 Å². The SMILES string of the molecule is COc1ccc(OC)c(C(C)NC(=O)CCc2ccc(OC)c(F)c2)c1. The van der Waals surface area contributed by atoms with Crippen molar-refractivity contribution in [3.8, 4) is 17.2 Å². The first kappa shape index (κ1) is 19.6. The zero-order valence-corrected chi connectivity index (χ0v) is 15.5. The number of halogens is 1. The summed E-state index contributed by atoms with van der Waals surface area (Å²) >= 11 is 0. The Bertz CT molecular complexity index is 763. The molecule has 2 aromatic rings. The quantitative estimate of drug-likeness (QED) is 0.780. The number of benzene rings is 2. The summed E-state index contributed by atoms with van der Waals surface area (Å²) < 4.78 is 29.2. The lowest BCUT2D eigenvalue weighted by molar-refractivity contribution is -0.121. The molecule has 5 nitrogen and oxygen atoms in total. The van der Waals surface area contributed by atoms with Crippen LogP contribution < -0.4 is 19.5 Å². The summed E-state index contributed by atoms with van der Waals surface area (Å²) in [6.45, 7) is 1.88. The lowest BCUT2D eigenvalue weighted by atomic mass is 10.1. The second-order valence-corrected chi connectivity index (χ2v) is 5.87. The van der Waals surface area contributed by atoms with Crippen molar-refractivity contribution in [2.24, 2.45) is 0 Å². The highest BCUT2D eigenvalue weighted by Gasteiger charge is 2.15. The standard InChI is InChI=1S/C20H24FNO4/c1-13(16-12-15(24-2)7-9-18(16)25-3)22-20(23)10-6-14-5-8-19(26-4)17(21)11-14/h5,7-9,11-13H,6,10H2,1-4H3,(H,22,23). The molecule has 1 atom stereocenters. The predicted molar refractivity (Wildman–Crippen MR) is 97.4 cm³/mol. The minimum absolute atomic E-state index is 0.126. The van der Waals surface area contributed by atoms with E-state index in [9.17, 15) is 9.18 Å². The molecule has 0 aliphatic carbocycles. The van der Waals surface area contributed by atoms with Gasteiger partial charge in [-0.15, -0.1) is 0 Å². The van der Waals surface area contributed by atoms with Crippen molar-refractivity contribution >= 4 is 5.91 Å². The molecule has 0 aromatic heterocycles. The van der Waals surface area contributed by atoms with Crippen LogP contribution in [0.15, 0.2) is 36.4 Å². The van der Waals surface area contributed by atoms with Crippen LogP contribution in [0.5, 0.6) is 17.2 Å². The van der Waals surface area contributed by atoms with E-state index in [-0.39, 0.29) is 24.1 Å². The number of rotatable bonds is 8. The van der Waals surface area contributed by atoms with Gasteiger partial charge in [0.15, 0.2) is 11.6 Å². The molecular formula is C20H24FNO4. The van der Waals surface area contributed by atoms with Crippen LogP contribution in [0.25, 0.3) is 0 Å². The second kappa shape index (κ2) is 9.08. The zero-order valence-electron chi connectivity index (χ0n) is 15.5. The maximum atomic E-state index is 13.7. The van der Waals surface area contributed by atoms with Crippen LogP contribution >= 0.6 is 0 Å². The molecule has 140 valence electrons. The van der Waals surface area contributed by atoms with E-state index in [1.54, 1.807) is 38.5 Å². The van der Waals surface area contributed by atoms with Gasteiger partial charge in [-0.3, -0.25) is 4.79 Å². The number of nitrogens with one attached hydrogen (secondary N) is 1. The highest BCUT2D eigenvalue weighted by atomic mass is 19.1. The average Bonchev–Trinajstić information content (AvgIpc) is 2.65. The molecule has 26 heavy (non-hydrogen) atoms. The molecular weight excluding hydrogens is 337 g/mol. The average molecular weight is 361 g/mol. The molecule has 1 amide bonds. The minimum atomic E-state index is -0.431. The lowest BCUT2D eigenvalue weighted by Gasteiger charge is -2.18. The first-order chi connectivity index (χ1) is 12.5. The van der Waals surface area contributed by atoms with Crippen molar-refractivity contribution in [3.05, 3.63) is 53.3 Å². The van der Waals surface area contributed by atoms with Crippen LogP contribution in [-0.2, 0) is 11.2 Å². The molecule has 6 heteroatoms. The summed E-state index contributed by atoms with van der Waals surface area (Å²) in [5, 5.41) is 2.94. The van der Waals surface area contributed by atoms with Crippen molar-refractivity contribution in [2.75, 3.05) is 21.3 Å². The second-order valence-electron chi connectivity index (χ2n) is 5.87. The fourth-order valence-electron chi connectivity index (χ4n) is 2.69. The maximum Gasteiger partial charge on any atom is 0.220 e. The number of methoxy groups -OCH3 is 3. The summed E-state index contributed by atoms with van der Waals surface area (Å²) in [5.41, 5.74) is 1.57. The molecule has 2 aromatic carbocycles. The van der Waals surface area contributed by atoms with Crippen molar-refractivity contribution in [1.29, 1.82) is 0 Å². The molecule has 1 unspecified atom stereocenters. The summed E-state index contributed by atoms with van der Waals surface area (Å²) in [4.78, 5) is 12.3. The van der Waals surface area contributed by atoms with Crippen molar-refractivity contribution < 1.29 is 23.4 Å².